The number of hydrogen-bond acceptors (Lipinski definition) is 5. The van der Waals surface area contributed by atoms with Gasteiger partial charge in [0.25, 0.3) is 10.0 Å². The van der Waals surface area contributed by atoms with Crippen LogP contribution in [0.5, 0.6) is 0 Å². The van der Waals surface area contributed by atoms with E-state index in [2.05, 4.69) is 13.9 Å². The van der Waals surface area contributed by atoms with E-state index in [4.69, 9.17) is 0 Å². The molecule has 4 aromatic carbocycles. The molecule has 9 heteroatoms. The van der Waals surface area contributed by atoms with E-state index in [1.54, 1.807) is 54.6 Å². The lowest BCUT2D eigenvalue weighted by molar-refractivity contribution is 0.595. The second kappa shape index (κ2) is 9.76. The molecule has 0 saturated heterocycles. The molecule has 1 aliphatic rings. The van der Waals surface area contributed by atoms with E-state index >= 15 is 0 Å². The van der Waals surface area contributed by atoms with Crippen LogP contribution in [0.25, 0.3) is 0 Å². The molecule has 1 unspecified atom stereocenters. The number of nitrogens with zero attached hydrogens (tertiary/aromatic N) is 4. The number of hydrogen-bond donors (Lipinski definition) is 0. The lowest BCUT2D eigenvalue weighted by Crippen LogP contribution is -2.31. The maximum Gasteiger partial charge on any atom is 0.284 e. The van der Waals surface area contributed by atoms with Gasteiger partial charge in [0.15, 0.2) is 21.6 Å². The van der Waals surface area contributed by atoms with Gasteiger partial charge in [0.1, 0.15) is 0 Å². The van der Waals surface area contributed by atoms with Gasteiger partial charge in [-0.1, -0.05) is 96.1 Å². The van der Waals surface area contributed by atoms with E-state index in [-0.39, 0.29) is 16.6 Å². The summed E-state index contributed by atoms with van der Waals surface area (Å²) < 4.78 is 51.3. The highest BCUT2D eigenvalue weighted by Crippen LogP contribution is 2.29. The first-order chi connectivity index (χ1) is 17.8. The molecule has 1 aliphatic heterocycles. The highest BCUT2D eigenvalue weighted by Gasteiger charge is 2.35. The van der Waals surface area contributed by atoms with Crippen molar-refractivity contribution in [2.75, 3.05) is 0 Å². The number of hydrazone groups is 1. The fourth-order valence-electron chi connectivity index (χ4n) is 3.70. The van der Waals surface area contributed by atoms with Crippen LogP contribution in [0, 0.1) is 13.8 Å². The van der Waals surface area contributed by atoms with Gasteiger partial charge in [0, 0.05) is 11.1 Å². The first-order valence-electron chi connectivity index (χ1n) is 11.5. The number of rotatable bonds is 5. The van der Waals surface area contributed by atoms with E-state index in [0.29, 0.717) is 16.0 Å². The Morgan fingerprint density at radius 2 is 1.30 bits per heavy atom. The van der Waals surface area contributed by atoms with Gasteiger partial charge in [-0.3, -0.25) is 0 Å². The molecule has 0 spiro atoms. The molecule has 0 bridgehead atoms. The molecule has 0 N–H and O–H groups in total. The molecule has 37 heavy (non-hydrogen) atoms. The van der Waals surface area contributed by atoms with Gasteiger partial charge in [-0.2, -0.15) is 12.8 Å². The Morgan fingerprint density at radius 3 is 1.89 bits per heavy atom. The molecule has 5 rings (SSSR count). The fraction of sp³-hybridized carbons (Fsp3) is 0.0714. The largest absolute Gasteiger partial charge is 0.284 e. The first kappa shape index (κ1) is 24.6. The zero-order valence-electron chi connectivity index (χ0n) is 20.2. The van der Waals surface area contributed by atoms with Gasteiger partial charge in [0.05, 0.1) is 9.79 Å². The predicted molar refractivity (Wildman–Crippen MR) is 146 cm³/mol. The molecular weight excluding hydrogens is 504 g/mol. The fourth-order valence-corrected chi connectivity index (χ4v) is 6.61. The summed E-state index contributed by atoms with van der Waals surface area (Å²) in [6, 6.07) is 31.2. The van der Waals surface area contributed by atoms with E-state index in [1.807, 2.05) is 56.3 Å². The van der Waals surface area contributed by atoms with Crippen LogP contribution in [0.2, 0.25) is 0 Å². The van der Waals surface area contributed by atoms with Crippen molar-refractivity contribution < 1.29 is 12.6 Å². The van der Waals surface area contributed by atoms with Crippen molar-refractivity contribution in [1.82, 2.24) is 4.41 Å². The highest BCUT2D eigenvalue weighted by atomic mass is 32.2. The van der Waals surface area contributed by atoms with Crippen LogP contribution in [0.1, 0.15) is 22.3 Å². The van der Waals surface area contributed by atoms with Crippen LogP contribution >= 0.6 is 0 Å². The Morgan fingerprint density at radius 1 is 0.757 bits per heavy atom. The topological polar surface area (TPSA) is 91.5 Å². The molecule has 0 fully saturated rings. The molecule has 0 aromatic heterocycles. The van der Waals surface area contributed by atoms with Crippen molar-refractivity contribution in [3.8, 4) is 0 Å². The monoisotopic (exact) mass is 528 g/mol. The quantitative estimate of drug-likeness (QED) is 0.251. The van der Waals surface area contributed by atoms with E-state index in [0.717, 1.165) is 15.5 Å². The molecule has 1 heterocycles. The summed E-state index contributed by atoms with van der Waals surface area (Å²) in [7, 11) is -7.60. The van der Waals surface area contributed by atoms with Crippen molar-refractivity contribution in [1.29, 1.82) is 0 Å². The minimum Gasteiger partial charge on any atom is -0.220 e. The van der Waals surface area contributed by atoms with Crippen molar-refractivity contribution in [2.24, 2.45) is 13.9 Å². The van der Waals surface area contributed by atoms with Crippen LogP contribution in [-0.4, -0.2) is 28.7 Å². The number of sulfonamides is 1. The molecule has 0 amide bonds. The van der Waals surface area contributed by atoms with Crippen LogP contribution in [-0.2, 0) is 19.9 Å². The summed E-state index contributed by atoms with van der Waals surface area (Å²) in [6.45, 7) is 3.89. The smallest absolute Gasteiger partial charge is 0.220 e. The van der Waals surface area contributed by atoms with Crippen molar-refractivity contribution >= 4 is 31.6 Å². The number of benzene rings is 4. The molecule has 186 valence electrons. The van der Waals surface area contributed by atoms with Crippen LogP contribution in [0.15, 0.2) is 133 Å². The highest BCUT2D eigenvalue weighted by molar-refractivity contribution is 7.93. The minimum absolute atomic E-state index is 0.0182. The van der Waals surface area contributed by atoms with Crippen molar-refractivity contribution in [2.45, 2.75) is 23.6 Å². The van der Waals surface area contributed by atoms with Gasteiger partial charge in [-0.25, -0.2) is 4.21 Å². The average Bonchev–Trinajstić information content (AvgIpc) is 3.27. The lowest BCUT2D eigenvalue weighted by atomic mass is 10.1. The van der Waals surface area contributed by atoms with Gasteiger partial charge in [0.2, 0.25) is 0 Å². The molecule has 4 aromatic rings. The summed E-state index contributed by atoms with van der Waals surface area (Å²) >= 11 is 0. The van der Waals surface area contributed by atoms with Crippen molar-refractivity contribution in [3.05, 3.63) is 131 Å². The molecule has 0 saturated carbocycles. The standard InChI is InChI=1S/C28H24N4O3S2/c1-21-13-17-23(18-14-21)27-29-32(36(33,30-27)25-9-5-3-6-10-25)28(24-19-15-22(2)16-20-24)31-37(34,35)26-11-7-4-8-12-26/h3-20H,1-2H3/b31-28+. The zero-order valence-corrected chi connectivity index (χ0v) is 21.9. The van der Waals surface area contributed by atoms with Gasteiger partial charge < -0.3 is 0 Å². The van der Waals surface area contributed by atoms with Gasteiger partial charge in [-0.05, 0) is 38.1 Å². The third-order valence-electron chi connectivity index (χ3n) is 5.73. The molecule has 1 atom stereocenters. The number of amidine groups is 2. The molecule has 0 aliphatic carbocycles. The van der Waals surface area contributed by atoms with Gasteiger partial charge in [-0.15, -0.1) is 13.9 Å². The Bertz CT molecular complexity index is 1720. The Balaban J connectivity index is 1.77. The van der Waals surface area contributed by atoms with E-state index in [9.17, 15) is 12.6 Å². The van der Waals surface area contributed by atoms with E-state index in [1.165, 1.54) is 12.1 Å². The maximum absolute atomic E-state index is 14.6. The second-order valence-corrected chi connectivity index (χ2v) is 12.1. The summed E-state index contributed by atoms with van der Waals surface area (Å²) in [6.07, 6.45) is 0. The van der Waals surface area contributed by atoms with Crippen LogP contribution < -0.4 is 0 Å². The Hall–Kier alpha value is -4.08. The maximum atomic E-state index is 14.6. The number of aryl methyl sites for hydroxylation is 2. The first-order valence-corrected chi connectivity index (χ1v) is 14.4. The summed E-state index contributed by atoms with van der Waals surface area (Å²) in [5.41, 5.74) is 3.13. The summed E-state index contributed by atoms with van der Waals surface area (Å²) in [4.78, 5) is 0.405. The summed E-state index contributed by atoms with van der Waals surface area (Å²) in [5.74, 6) is 0.148. The minimum atomic E-state index is -4.17. The molecular formula is C28H24N4O3S2. The third kappa shape index (κ3) is 4.96. The van der Waals surface area contributed by atoms with Crippen LogP contribution in [0.3, 0.4) is 0 Å². The van der Waals surface area contributed by atoms with Crippen LogP contribution in [0.4, 0.5) is 0 Å². The Labute approximate surface area is 217 Å². The summed E-state index contributed by atoms with van der Waals surface area (Å²) in [5, 5.41) is 4.61. The molecule has 0 radical (unpaired) electrons. The predicted octanol–water partition coefficient (Wildman–Crippen LogP) is 5.56. The van der Waals surface area contributed by atoms with Crippen molar-refractivity contribution in [3.63, 3.8) is 0 Å². The lowest BCUT2D eigenvalue weighted by Gasteiger charge is -2.21. The normalized spacial score (nSPS) is 17.8. The zero-order chi connectivity index (χ0) is 26.0. The van der Waals surface area contributed by atoms with Gasteiger partial charge >= 0.3 is 0 Å². The van der Waals surface area contributed by atoms with E-state index < -0.39 is 19.9 Å². The second-order valence-electron chi connectivity index (χ2n) is 8.53. The SMILES string of the molecule is Cc1ccc(C2=NN(/C(=N/S(=O)(=O)c3ccccc3)c3ccc(C)cc3)S(=O)(c3ccccc3)=N2)cc1. The molecule has 7 nitrogen and oxygen atoms in total. The third-order valence-corrected chi connectivity index (χ3v) is 9.04. The Kier molecular flexibility index (Phi) is 6.49. The average molecular weight is 529 g/mol.